The van der Waals surface area contributed by atoms with E-state index in [-0.39, 0.29) is 28.2 Å². The van der Waals surface area contributed by atoms with E-state index in [1.807, 2.05) is 4.90 Å². The number of nitrogens with two attached hydrogens (primary N) is 1. The number of anilines is 1. The Balaban J connectivity index is 0.00000441. The second kappa shape index (κ2) is 16.1. The summed E-state index contributed by atoms with van der Waals surface area (Å²) in [6, 6.07) is 0. The number of aliphatic hydroxyl groups excluding tert-OH is 2. The summed E-state index contributed by atoms with van der Waals surface area (Å²) in [6.07, 6.45) is 0.148. The van der Waals surface area contributed by atoms with Gasteiger partial charge in [0.25, 0.3) is 5.91 Å². The smallest absolute Gasteiger partial charge is 0.387 e. The van der Waals surface area contributed by atoms with Crippen molar-refractivity contribution in [3.63, 3.8) is 0 Å². The minimum Gasteiger partial charge on any atom is -0.387 e. The van der Waals surface area contributed by atoms with Crippen molar-refractivity contribution in [2.45, 2.75) is 50.2 Å². The summed E-state index contributed by atoms with van der Waals surface area (Å²) in [5.41, 5.74) is 6.47. The number of imidazole rings is 1. The van der Waals surface area contributed by atoms with Crippen LogP contribution in [0.4, 0.5) is 5.82 Å². The number of nitrogens with one attached hydrogen (secondary N) is 4. The van der Waals surface area contributed by atoms with E-state index in [2.05, 4.69) is 36.2 Å². The molecule has 2 fully saturated rings. The summed E-state index contributed by atoms with van der Waals surface area (Å²) < 4.78 is 7.14. The predicted octanol–water partition coefficient (Wildman–Crippen LogP) is -2.69. The quantitative estimate of drug-likeness (QED) is 0.121. The van der Waals surface area contributed by atoms with Crippen LogP contribution in [0.5, 0.6) is 0 Å². The zero-order valence-corrected chi connectivity index (χ0v) is 23.4. The van der Waals surface area contributed by atoms with Gasteiger partial charge in [-0.1, -0.05) is 6.42 Å². The van der Waals surface area contributed by atoms with Crippen molar-refractivity contribution in [1.82, 2.24) is 45.7 Å². The number of carbonyl (C=O) groups excluding carboxylic acids is 2. The standard InChI is InChI=1S/C24H40N10O5.Ni/c25-21-17-22(31-14-30-21)34(15-32-17)24-19(37)18(36)20(39-24)23(38)29-5-3-1-2-4-16(35)33-12-10-27-8-6-26-7-9-28-11-13-33;/h14-15,18-20,24,26-28,36-37H,1-13H2,(H,29,38)(H2,25,30,31);/q;+2/t18-,19+,20-,24+;/m0./s1. The topological polar surface area (TPSA) is 205 Å². The van der Waals surface area contributed by atoms with Gasteiger partial charge in [0.1, 0.15) is 24.1 Å². The number of fused-ring (bicyclic) bond motifs is 1. The number of nitrogens with zero attached hydrogens (tertiary/aromatic N) is 5. The number of ether oxygens (including phenoxy) is 1. The molecule has 4 atom stereocenters. The van der Waals surface area contributed by atoms with E-state index in [1.165, 1.54) is 17.2 Å². The molecule has 2 aliphatic heterocycles. The molecule has 8 N–H and O–H groups in total. The van der Waals surface area contributed by atoms with Crippen LogP contribution in [0.1, 0.15) is 31.9 Å². The molecule has 0 aliphatic carbocycles. The van der Waals surface area contributed by atoms with E-state index in [9.17, 15) is 19.8 Å². The summed E-state index contributed by atoms with van der Waals surface area (Å²) in [7, 11) is 0. The molecule has 4 rings (SSSR count). The maximum Gasteiger partial charge on any atom is 2.00 e. The zero-order chi connectivity index (χ0) is 27.6. The van der Waals surface area contributed by atoms with Crippen LogP contribution in [-0.2, 0) is 30.8 Å². The molecule has 2 aromatic heterocycles. The Bertz CT molecular complexity index is 1080. The second-order valence-corrected chi connectivity index (χ2v) is 9.74. The summed E-state index contributed by atoms with van der Waals surface area (Å²) in [5.74, 6) is -0.208. The third-order valence-corrected chi connectivity index (χ3v) is 6.95. The number of carbonyl (C=O) groups is 2. The number of unbranched alkanes of at least 4 members (excludes halogenated alkanes) is 2. The van der Waals surface area contributed by atoms with E-state index >= 15 is 0 Å². The Hall–Kier alpha value is -2.46. The van der Waals surface area contributed by atoms with Crippen molar-refractivity contribution < 1.29 is 41.0 Å². The van der Waals surface area contributed by atoms with Crippen LogP contribution >= 0.6 is 0 Å². The van der Waals surface area contributed by atoms with E-state index in [0.717, 1.165) is 52.1 Å². The minimum atomic E-state index is -1.43. The van der Waals surface area contributed by atoms with Gasteiger partial charge < -0.3 is 46.9 Å². The maximum absolute atomic E-state index is 12.7. The van der Waals surface area contributed by atoms with Crippen LogP contribution in [0, 0.1) is 0 Å². The van der Waals surface area contributed by atoms with E-state index in [1.54, 1.807) is 0 Å². The Morgan fingerprint density at radius 3 is 2.35 bits per heavy atom. The first-order valence-electron chi connectivity index (χ1n) is 13.6. The number of aliphatic hydroxyl groups is 2. The molecule has 2 aliphatic rings. The maximum atomic E-state index is 12.7. The minimum absolute atomic E-state index is 0. The van der Waals surface area contributed by atoms with E-state index in [4.69, 9.17) is 10.5 Å². The van der Waals surface area contributed by atoms with Crippen molar-refractivity contribution in [3.05, 3.63) is 12.7 Å². The van der Waals surface area contributed by atoms with Crippen molar-refractivity contribution in [3.8, 4) is 0 Å². The predicted molar refractivity (Wildman–Crippen MR) is 142 cm³/mol. The molecule has 2 saturated heterocycles. The van der Waals surface area contributed by atoms with Gasteiger partial charge in [-0.25, -0.2) is 15.0 Å². The van der Waals surface area contributed by atoms with Gasteiger partial charge in [0.05, 0.1) is 6.33 Å². The van der Waals surface area contributed by atoms with Crippen LogP contribution in [0.3, 0.4) is 0 Å². The molecular weight excluding hydrogens is 567 g/mol. The fraction of sp³-hybridized carbons (Fsp3) is 0.708. The molecule has 0 aromatic carbocycles. The Morgan fingerprint density at radius 2 is 1.65 bits per heavy atom. The third-order valence-electron chi connectivity index (χ3n) is 6.95. The van der Waals surface area contributed by atoms with E-state index < -0.39 is 30.4 Å². The van der Waals surface area contributed by atoms with Gasteiger partial charge in [0.2, 0.25) is 5.91 Å². The number of amides is 2. The molecule has 0 radical (unpaired) electrons. The van der Waals surface area contributed by atoms with Crippen molar-refractivity contribution >= 4 is 28.8 Å². The molecule has 2 aromatic rings. The summed E-state index contributed by atoms with van der Waals surface area (Å²) in [5, 5.41) is 33.8. The molecule has 0 spiro atoms. The van der Waals surface area contributed by atoms with Crippen LogP contribution in [0.2, 0.25) is 0 Å². The first kappa shape index (κ1) is 32.1. The first-order chi connectivity index (χ1) is 19.0. The SMILES string of the molecule is Nc1ncnc2c1ncn2[C@@H]1O[C@H](C(=O)NCCCCCC(=O)N2CCNCCNCCNCC2)[C@@H](O)[C@H]1O.[Ni+2]. The summed E-state index contributed by atoms with van der Waals surface area (Å²) in [6.45, 7) is 6.83. The summed E-state index contributed by atoms with van der Waals surface area (Å²) in [4.78, 5) is 39.5. The molecular formula is C24H40N10NiO5+2. The Kier molecular flexibility index (Phi) is 12.9. The van der Waals surface area contributed by atoms with Gasteiger partial charge in [0.15, 0.2) is 23.8 Å². The number of hydrogen-bond donors (Lipinski definition) is 7. The summed E-state index contributed by atoms with van der Waals surface area (Å²) >= 11 is 0. The van der Waals surface area contributed by atoms with Gasteiger partial charge in [0, 0.05) is 65.3 Å². The molecule has 224 valence electrons. The van der Waals surface area contributed by atoms with Gasteiger partial charge in [-0.3, -0.25) is 14.2 Å². The molecule has 16 heteroatoms. The largest absolute Gasteiger partial charge is 2.00 e. The second-order valence-electron chi connectivity index (χ2n) is 9.74. The number of nitrogen functional groups attached to an aromatic ring is 1. The van der Waals surface area contributed by atoms with Gasteiger partial charge in [-0.15, -0.1) is 0 Å². The molecule has 4 heterocycles. The monoisotopic (exact) mass is 606 g/mol. The van der Waals surface area contributed by atoms with Gasteiger partial charge in [-0.2, -0.15) is 0 Å². The molecule has 0 bridgehead atoms. The molecule has 15 nitrogen and oxygen atoms in total. The fourth-order valence-corrected chi connectivity index (χ4v) is 4.73. The van der Waals surface area contributed by atoms with Gasteiger partial charge >= 0.3 is 16.5 Å². The Labute approximate surface area is 242 Å². The average molecular weight is 607 g/mol. The average Bonchev–Trinajstić information content (AvgIpc) is 3.48. The van der Waals surface area contributed by atoms with Crippen LogP contribution in [0.25, 0.3) is 11.2 Å². The molecule has 40 heavy (non-hydrogen) atoms. The molecule has 0 saturated carbocycles. The first-order valence-corrected chi connectivity index (χ1v) is 13.6. The van der Waals surface area contributed by atoms with Crippen LogP contribution < -0.4 is 27.0 Å². The third kappa shape index (κ3) is 8.29. The zero-order valence-electron chi connectivity index (χ0n) is 22.4. The number of hydrogen-bond acceptors (Lipinski definition) is 12. The van der Waals surface area contributed by atoms with Crippen LogP contribution in [0.15, 0.2) is 12.7 Å². The van der Waals surface area contributed by atoms with Crippen molar-refractivity contribution in [2.24, 2.45) is 0 Å². The fourth-order valence-electron chi connectivity index (χ4n) is 4.73. The van der Waals surface area contributed by atoms with Crippen molar-refractivity contribution in [1.29, 1.82) is 0 Å². The molecule has 2 amide bonds. The number of aromatic nitrogens is 4. The van der Waals surface area contributed by atoms with Crippen LogP contribution in [-0.4, -0.2) is 124 Å². The Morgan fingerprint density at radius 1 is 0.975 bits per heavy atom. The number of rotatable bonds is 8. The van der Waals surface area contributed by atoms with Crippen molar-refractivity contribution in [2.75, 3.05) is 64.6 Å². The molecule has 0 unspecified atom stereocenters. The normalized spacial score (nSPS) is 24.6. The van der Waals surface area contributed by atoms with Gasteiger partial charge in [-0.05, 0) is 12.8 Å². The van der Waals surface area contributed by atoms with E-state index in [0.29, 0.717) is 43.6 Å².